The summed E-state index contributed by atoms with van der Waals surface area (Å²) < 4.78 is 1.97. The molecule has 2 rings (SSSR count). The van der Waals surface area contributed by atoms with Crippen molar-refractivity contribution in [1.82, 2.24) is 0 Å². The Morgan fingerprint density at radius 2 is 1.71 bits per heavy atom. The summed E-state index contributed by atoms with van der Waals surface area (Å²) in [4.78, 5) is 0. The summed E-state index contributed by atoms with van der Waals surface area (Å²) in [7, 11) is 0. The summed E-state index contributed by atoms with van der Waals surface area (Å²) >= 11 is 13.0. The number of benzene rings is 2. The Morgan fingerprint density at radius 1 is 1.00 bits per heavy atom. The van der Waals surface area contributed by atoms with Crippen molar-refractivity contribution in [2.24, 2.45) is 0 Å². The first-order chi connectivity index (χ1) is 8.06. The first-order valence-electron chi connectivity index (χ1n) is 4.83. The van der Waals surface area contributed by atoms with E-state index < -0.39 is 0 Å². The van der Waals surface area contributed by atoms with Gasteiger partial charge in [-0.2, -0.15) is 0 Å². The summed E-state index contributed by atoms with van der Waals surface area (Å²) in [5.41, 5.74) is 8.06. The molecule has 0 saturated carbocycles. The monoisotopic (exact) mass is 374 g/mol. The SMILES string of the molecule is Nc1ccc(Nc2ccc(Br)cc2Br)c(Cl)c1. The molecule has 0 fully saturated rings. The van der Waals surface area contributed by atoms with Gasteiger partial charge in [0.2, 0.25) is 0 Å². The van der Waals surface area contributed by atoms with Crippen LogP contribution < -0.4 is 11.1 Å². The summed E-state index contributed by atoms with van der Waals surface area (Å²) in [6, 6.07) is 11.3. The van der Waals surface area contributed by atoms with Gasteiger partial charge in [0.1, 0.15) is 0 Å². The van der Waals surface area contributed by atoms with Gasteiger partial charge in [-0.05, 0) is 52.3 Å². The smallest absolute Gasteiger partial charge is 0.0661 e. The first-order valence-corrected chi connectivity index (χ1v) is 6.80. The lowest BCUT2D eigenvalue weighted by Gasteiger charge is -2.11. The summed E-state index contributed by atoms with van der Waals surface area (Å²) in [5.74, 6) is 0. The van der Waals surface area contributed by atoms with Gasteiger partial charge in [0.15, 0.2) is 0 Å². The average molecular weight is 376 g/mol. The highest BCUT2D eigenvalue weighted by atomic mass is 79.9. The predicted octanol–water partition coefficient (Wildman–Crippen LogP) is 5.19. The number of nitrogens with two attached hydrogens (primary N) is 1. The van der Waals surface area contributed by atoms with Gasteiger partial charge < -0.3 is 11.1 Å². The molecule has 0 radical (unpaired) electrons. The molecule has 0 atom stereocenters. The molecule has 0 bridgehead atoms. The minimum Gasteiger partial charge on any atom is -0.399 e. The first kappa shape index (κ1) is 12.7. The van der Waals surface area contributed by atoms with Gasteiger partial charge in [0.25, 0.3) is 0 Å². The van der Waals surface area contributed by atoms with Crippen LogP contribution in [-0.4, -0.2) is 0 Å². The number of nitrogen functional groups attached to an aromatic ring is 1. The Morgan fingerprint density at radius 3 is 2.35 bits per heavy atom. The average Bonchev–Trinajstić information content (AvgIpc) is 2.25. The lowest BCUT2D eigenvalue weighted by Crippen LogP contribution is -1.93. The second kappa shape index (κ2) is 5.29. The van der Waals surface area contributed by atoms with Crippen LogP contribution in [0.3, 0.4) is 0 Å². The van der Waals surface area contributed by atoms with Crippen LogP contribution in [0.5, 0.6) is 0 Å². The molecule has 0 aliphatic heterocycles. The highest BCUT2D eigenvalue weighted by Gasteiger charge is 2.04. The van der Waals surface area contributed by atoms with Crippen LogP contribution >= 0.6 is 43.5 Å². The van der Waals surface area contributed by atoms with Crippen molar-refractivity contribution in [3.05, 3.63) is 50.4 Å². The maximum Gasteiger partial charge on any atom is 0.0661 e. The van der Waals surface area contributed by atoms with E-state index in [1.54, 1.807) is 12.1 Å². The Balaban J connectivity index is 2.31. The molecular weight excluding hydrogens is 367 g/mol. The Hall–Kier alpha value is -0.710. The third-order valence-electron chi connectivity index (χ3n) is 2.19. The van der Waals surface area contributed by atoms with Gasteiger partial charge in [-0.25, -0.2) is 0 Å². The number of hydrogen-bond donors (Lipinski definition) is 2. The third-order valence-corrected chi connectivity index (χ3v) is 3.66. The van der Waals surface area contributed by atoms with Crippen LogP contribution in [0.2, 0.25) is 5.02 Å². The van der Waals surface area contributed by atoms with Crippen LogP contribution in [0.4, 0.5) is 17.1 Å². The minimum absolute atomic E-state index is 0.597. The quantitative estimate of drug-likeness (QED) is 0.708. The molecule has 2 aromatic rings. The van der Waals surface area contributed by atoms with Crippen molar-refractivity contribution in [2.45, 2.75) is 0 Å². The lowest BCUT2D eigenvalue weighted by atomic mass is 10.2. The third kappa shape index (κ3) is 3.15. The molecule has 88 valence electrons. The second-order valence-corrected chi connectivity index (χ2v) is 5.67. The van der Waals surface area contributed by atoms with E-state index in [-0.39, 0.29) is 0 Å². The van der Waals surface area contributed by atoms with Gasteiger partial charge in [-0.3, -0.25) is 0 Å². The van der Waals surface area contributed by atoms with E-state index in [9.17, 15) is 0 Å². The molecule has 0 spiro atoms. The van der Waals surface area contributed by atoms with E-state index in [1.165, 1.54) is 0 Å². The van der Waals surface area contributed by atoms with E-state index in [0.29, 0.717) is 10.7 Å². The molecule has 0 aliphatic carbocycles. The molecule has 2 nitrogen and oxygen atoms in total. The van der Waals surface area contributed by atoms with E-state index in [2.05, 4.69) is 37.2 Å². The van der Waals surface area contributed by atoms with E-state index in [0.717, 1.165) is 20.3 Å². The zero-order valence-corrected chi connectivity index (χ0v) is 12.6. The summed E-state index contributed by atoms with van der Waals surface area (Å²) in [6.07, 6.45) is 0. The standard InChI is InChI=1S/C12H9Br2ClN2/c13-7-1-3-11(9(14)5-7)17-12-4-2-8(16)6-10(12)15/h1-6,17H,16H2. The number of anilines is 3. The minimum atomic E-state index is 0.597. The molecule has 17 heavy (non-hydrogen) atoms. The largest absolute Gasteiger partial charge is 0.399 e. The van der Waals surface area contributed by atoms with Crippen LogP contribution in [-0.2, 0) is 0 Å². The van der Waals surface area contributed by atoms with E-state index in [1.807, 2.05) is 24.3 Å². The van der Waals surface area contributed by atoms with Gasteiger partial charge >= 0.3 is 0 Å². The second-order valence-electron chi connectivity index (χ2n) is 3.49. The van der Waals surface area contributed by atoms with Crippen molar-refractivity contribution in [2.75, 3.05) is 11.1 Å². The van der Waals surface area contributed by atoms with Crippen molar-refractivity contribution in [1.29, 1.82) is 0 Å². The zero-order chi connectivity index (χ0) is 12.4. The maximum atomic E-state index is 6.10. The molecule has 0 saturated heterocycles. The number of rotatable bonds is 2. The zero-order valence-electron chi connectivity index (χ0n) is 8.68. The van der Waals surface area contributed by atoms with E-state index >= 15 is 0 Å². The van der Waals surface area contributed by atoms with Crippen LogP contribution in [0, 0.1) is 0 Å². The van der Waals surface area contributed by atoms with Gasteiger partial charge in [-0.15, -0.1) is 0 Å². The predicted molar refractivity (Wildman–Crippen MR) is 81.0 cm³/mol. The van der Waals surface area contributed by atoms with Gasteiger partial charge in [0, 0.05) is 14.6 Å². The molecule has 3 N–H and O–H groups in total. The molecule has 0 unspecified atom stereocenters. The normalized spacial score (nSPS) is 10.3. The van der Waals surface area contributed by atoms with Crippen LogP contribution in [0.25, 0.3) is 0 Å². The van der Waals surface area contributed by atoms with Crippen molar-refractivity contribution in [3.63, 3.8) is 0 Å². The van der Waals surface area contributed by atoms with Crippen LogP contribution in [0.1, 0.15) is 0 Å². The lowest BCUT2D eigenvalue weighted by molar-refractivity contribution is 1.51. The number of nitrogens with one attached hydrogen (secondary N) is 1. The summed E-state index contributed by atoms with van der Waals surface area (Å²) in [6.45, 7) is 0. The van der Waals surface area contributed by atoms with Crippen molar-refractivity contribution < 1.29 is 0 Å². The number of hydrogen-bond acceptors (Lipinski definition) is 2. The Labute approximate surface area is 121 Å². The molecule has 0 amide bonds. The highest BCUT2D eigenvalue weighted by Crippen LogP contribution is 2.32. The fourth-order valence-electron chi connectivity index (χ4n) is 1.37. The molecular formula is C12H9Br2ClN2. The summed E-state index contributed by atoms with van der Waals surface area (Å²) in [5, 5.41) is 3.84. The molecule has 0 heterocycles. The number of halogens is 3. The molecule has 0 aromatic heterocycles. The fourth-order valence-corrected chi connectivity index (χ4v) is 2.75. The fraction of sp³-hybridized carbons (Fsp3) is 0. The Kier molecular flexibility index (Phi) is 3.97. The molecule has 0 aliphatic rings. The van der Waals surface area contributed by atoms with E-state index in [4.69, 9.17) is 17.3 Å². The molecule has 5 heteroatoms. The Bertz CT molecular complexity index is 509. The van der Waals surface area contributed by atoms with Crippen LogP contribution in [0.15, 0.2) is 45.3 Å². The molecule has 2 aromatic carbocycles. The van der Waals surface area contributed by atoms with Gasteiger partial charge in [0.05, 0.1) is 16.4 Å². The van der Waals surface area contributed by atoms with Crippen molar-refractivity contribution in [3.8, 4) is 0 Å². The highest BCUT2D eigenvalue weighted by molar-refractivity contribution is 9.11. The van der Waals surface area contributed by atoms with Crippen molar-refractivity contribution >= 4 is 60.5 Å². The van der Waals surface area contributed by atoms with Gasteiger partial charge in [-0.1, -0.05) is 27.5 Å². The maximum absolute atomic E-state index is 6.10. The topological polar surface area (TPSA) is 38.0 Å².